The second kappa shape index (κ2) is 8.10. The van der Waals surface area contributed by atoms with Crippen molar-refractivity contribution in [3.63, 3.8) is 0 Å². The van der Waals surface area contributed by atoms with Gasteiger partial charge in [0.1, 0.15) is 5.75 Å². The summed E-state index contributed by atoms with van der Waals surface area (Å²) in [5.41, 5.74) is 0.713. The van der Waals surface area contributed by atoms with Crippen molar-refractivity contribution >= 4 is 12.0 Å². The Bertz CT molecular complexity index is 803. The number of para-hydroxylation sites is 1. The lowest BCUT2D eigenvalue weighted by molar-refractivity contribution is -0.145. The van der Waals surface area contributed by atoms with Crippen LogP contribution in [0.1, 0.15) is 56.4 Å². The second-order valence-corrected chi connectivity index (χ2v) is 9.01. The standard InChI is InChI=1S/C23H30N2O5/c26-21-15-30-19-5-2-1-4-18(19)16-6-8-17(9-7-16)29-14-20-23(10-3-12-25(20)21)11-13-28-22(27)24-23/h1-2,4-5,16-17,20H,3,6-15H2,(H,24,27). The van der Waals surface area contributed by atoms with Gasteiger partial charge in [-0.1, -0.05) is 18.2 Å². The fourth-order valence-corrected chi connectivity index (χ4v) is 5.74. The average molecular weight is 415 g/mol. The first-order valence-electron chi connectivity index (χ1n) is 11.2. The van der Waals surface area contributed by atoms with Gasteiger partial charge in [-0.2, -0.15) is 0 Å². The fourth-order valence-electron chi connectivity index (χ4n) is 5.74. The highest BCUT2D eigenvalue weighted by molar-refractivity contribution is 5.79. The quantitative estimate of drug-likeness (QED) is 0.706. The minimum atomic E-state index is -0.488. The molecular weight excluding hydrogens is 384 g/mol. The molecule has 1 spiro atoms. The van der Waals surface area contributed by atoms with Gasteiger partial charge in [-0.15, -0.1) is 0 Å². The van der Waals surface area contributed by atoms with Gasteiger partial charge in [-0.3, -0.25) is 4.79 Å². The van der Waals surface area contributed by atoms with E-state index in [1.165, 1.54) is 5.56 Å². The van der Waals surface area contributed by atoms with Crippen LogP contribution < -0.4 is 10.1 Å². The van der Waals surface area contributed by atoms with E-state index in [4.69, 9.17) is 14.2 Å². The van der Waals surface area contributed by atoms with Crippen molar-refractivity contribution in [3.8, 4) is 5.75 Å². The number of fused-ring (bicyclic) bond motifs is 5. The van der Waals surface area contributed by atoms with Crippen molar-refractivity contribution in [1.29, 1.82) is 0 Å². The topological polar surface area (TPSA) is 77.1 Å². The third-order valence-corrected chi connectivity index (χ3v) is 7.36. The zero-order chi connectivity index (χ0) is 20.6. The minimum absolute atomic E-state index is 0.00416. The Labute approximate surface area is 177 Å². The number of ether oxygens (including phenoxy) is 3. The van der Waals surface area contributed by atoms with E-state index in [1.807, 2.05) is 23.1 Å². The van der Waals surface area contributed by atoms with Crippen molar-refractivity contribution in [1.82, 2.24) is 10.2 Å². The van der Waals surface area contributed by atoms with E-state index in [-0.39, 0.29) is 24.7 Å². The highest BCUT2D eigenvalue weighted by Gasteiger charge is 2.49. The van der Waals surface area contributed by atoms with Gasteiger partial charge in [-0.25, -0.2) is 4.79 Å². The van der Waals surface area contributed by atoms with E-state index in [9.17, 15) is 9.59 Å². The number of benzene rings is 1. The van der Waals surface area contributed by atoms with Crippen molar-refractivity contribution in [2.24, 2.45) is 0 Å². The van der Waals surface area contributed by atoms with E-state index >= 15 is 0 Å². The molecule has 0 radical (unpaired) electrons. The first-order chi connectivity index (χ1) is 14.6. The van der Waals surface area contributed by atoms with Crippen LogP contribution in [0.3, 0.4) is 0 Å². The second-order valence-electron chi connectivity index (χ2n) is 9.01. The van der Waals surface area contributed by atoms with Crippen LogP contribution >= 0.6 is 0 Å². The molecule has 2 saturated heterocycles. The van der Waals surface area contributed by atoms with Crippen LogP contribution in [0.2, 0.25) is 0 Å². The van der Waals surface area contributed by atoms with Crippen LogP contribution in [0.25, 0.3) is 0 Å². The zero-order valence-electron chi connectivity index (χ0n) is 17.3. The van der Waals surface area contributed by atoms with Crippen molar-refractivity contribution in [2.45, 2.75) is 68.5 Å². The molecule has 7 heteroatoms. The lowest BCUT2D eigenvalue weighted by atomic mass is 9.78. The zero-order valence-corrected chi connectivity index (χ0v) is 17.3. The van der Waals surface area contributed by atoms with Gasteiger partial charge in [0.2, 0.25) is 0 Å². The lowest BCUT2D eigenvalue weighted by Gasteiger charge is -2.51. The molecule has 2 bridgehead atoms. The molecule has 1 aromatic carbocycles. The summed E-state index contributed by atoms with van der Waals surface area (Å²) in [5, 5.41) is 3.06. The number of carbonyl (C=O) groups excluding carboxylic acids is 2. The van der Waals surface area contributed by atoms with Crippen LogP contribution in [0.15, 0.2) is 24.3 Å². The molecule has 1 saturated carbocycles. The Balaban J connectivity index is 1.46. The number of rotatable bonds is 0. The molecule has 4 aliphatic heterocycles. The summed E-state index contributed by atoms with van der Waals surface area (Å²) in [4.78, 5) is 27.2. The summed E-state index contributed by atoms with van der Waals surface area (Å²) in [7, 11) is 0. The van der Waals surface area contributed by atoms with Gasteiger partial charge in [0, 0.05) is 13.0 Å². The predicted octanol–water partition coefficient (Wildman–Crippen LogP) is 2.98. The SMILES string of the molecule is O=C1NC2(CCCN3C(=O)COc4ccccc4C4CCC(CC4)OCC32)CCO1. The van der Waals surface area contributed by atoms with Gasteiger partial charge < -0.3 is 24.4 Å². The summed E-state index contributed by atoms with van der Waals surface area (Å²) >= 11 is 0. The van der Waals surface area contributed by atoms with E-state index in [0.29, 0.717) is 32.1 Å². The molecule has 6 rings (SSSR count). The molecule has 0 aromatic heterocycles. The Hall–Kier alpha value is -2.28. The number of carbonyl (C=O) groups is 2. The summed E-state index contributed by atoms with van der Waals surface area (Å²) < 4.78 is 17.6. The average Bonchev–Trinajstić information content (AvgIpc) is 2.78. The van der Waals surface area contributed by atoms with Gasteiger partial charge in [0.15, 0.2) is 6.61 Å². The first-order valence-corrected chi connectivity index (χ1v) is 11.2. The molecule has 4 heterocycles. The smallest absolute Gasteiger partial charge is 0.407 e. The highest BCUT2D eigenvalue weighted by Crippen LogP contribution is 2.40. The molecule has 30 heavy (non-hydrogen) atoms. The lowest BCUT2D eigenvalue weighted by Crippen LogP contribution is -2.70. The Kier molecular flexibility index (Phi) is 5.31. The molecule has 2 atom stereocenters. The number of nitrogens with zero attached hydrogens (tertiary/aromatic N) is 1. The molecule has 5 aliphatic rings. The molecule has 2 amide bonds. The van der Waals surface area contributed by atoms with E-state index in [2.05, 4.69) is 11.4 Å². The molecule has 1 aliphatic carbocycles. The molecule has 7 nitrogen and oxygen atoms in total. The highest BCUT2D eigenvalue weighted by atomic mass is 16.6. The van der Waals surface area contributed by atoms with Crippen molar-refractivity contribution in [2.75, 3.05) is 26.4 Å². The third kappa shape index (κ3) is 3.64. The Morgan fingerprint density at radius 1 is 1.03 bits per heavy atom. The van der Waals surface area contributed by atoms with Crippen LogP contribution in [0.4, 0.5) is 4.79 Å². The summed E-state index contributed by atoms with van der Waals surface area (Å²) in [6.45, 7) is 1.47. The van der Waals surface area contributed by atoms with Gasteiger partial charge in [0.05, 0.1) is 30.9 Å². The minimum Gasteiger partial charge on any atom is -0.483 e. The van der Waals surface area contributed by atoms with Crippen LogP contribution in [0.5, 0.6) is 5.75 Å². The number of piperidine rings is 1. The normalized spacial score (nSPS) is 34.4. The van der Waals surface area contributed by atoms with Gasteiger partial charge in [0.25, 0.3) is 5.91 Å². The van der Waals surface area contributed by atoms with Crippen molar-refractivity contribution in [3.05, 3.63) is 29.8 Å². The summed E-state index contributed by atoms with van der Waals surface area (Å²) in [6.07, 6.45) is 6.27. The molecular formula is C23H30N2O5. The predicted molar refractivity (Wildman–Crippen MR) is 109 cm³/mol. The molecule has 3 fully saturated rings. The monoisotopic (exact) mass is 414 g/mol. The number of alkyl carbamates (subject to hydrolysis) is 1. The first kappa shape index (κ1) is 19.7. The van der Waals surface area contributed by atoms with Crippen molar-refractivity contribution < 1.29 is 23.8 Å². The molecule has 1 N–H and O–H groups in total. The number of hydrogen-bond acceptors (Lipinski definition) is 5. The molecule has 162 valence electrons. The van der Waals surface area contributed by atoms with Crippen LogP contribution in [0, 0.1) is 0 Å². The van der Waals surface area contributed by atoms with Crippen LogP contribution in [-0.2, 0) is 14.3 Å². The Morgan fingerprint density at radius 3 is 2.70 bits per heavy atom. The van der Waals surface area contributed by atoms with E-state index in [1.54, 1.807) is 0 Å². The summed E-state index contributed by atoms with van der Waals surface area (Å²) in [5.74, 6) is 1.21. The number of cyclic esters (lactones) is 1. The number of amides is 2. The maximum absolute atomic E-state index is 13.2. The summed E-state index contributed by atoms with van der Waals surface area (Å²) in [6, 6.07) is 7.90. The molecule has 2 unspecified atom stereocenters. The van der Waals surface area contributed by atoms with E-state index < -0.39 is 11.6 Å². The Morgan fingerprint density at radius 2 is 1.87 bits per heavy atom. The van der Waals surface area contributed by atoms with Crippen LogP contribution in [-0.4, -0.2) is 61.0 Å². The van der Waals surface area contributed by atoms with E-state index in [0.717, 1.165) is 44.3 Å². The van der Waals surface area contributed by atoms with Gasteiger partial charge in [-0.05, 0) is 56.1 Å². The number of nitrogens with one attached hydrogen (secondary N) is 1. The fraction of sp³-hybridized carbons (Fsp3) is 0.652. The third-order valence-electron chi connectivity index (χ3n) is 7.36. The largest absolute Gasteiger partial charge is 0.483 e. The molecule has 1 aromatic rings. The maximum atomic E-state index is 13.2. The maximum Gasteiger partial charge on any atom is 0.407 e. The van der Waals surface area contributed by atoms with Gasteiger partial charge >= 0.3 is 6.09 Å². The number of hydrogen-bond donors (Lipinski definition) is 1.